The summed E-state index contributed by atoms with van der Waals surface area (Å²) < 4.78 is 27.7. The van der Waals surface area contributed by atoms with E-state index in [1.165, 1.54) is 4.31 Å². The zero-order chi connectivity index (χ0) is 18.9. The minimum atomic E-state index is -3.67. The number of nitrogens with two attached hydrogens (primary N) is 1. The highest BCUT2D eigenvalue weighted by Gasteiger charge is 2.32. The maximum absolute atomic E-state index is 13.1. The molecular weight excluding hydrogens is 352 g/mol. The molecule has 1 aromatic heterocycles. The minimum Gasteiger partial charge on any atom is -0.340 e. The quantitative estimate of drug-likeness (QED) is 0.858. The van der Waals surface area contributed by atoms with E-state index in [4.69, 9.17) is 5.73 Å². The lowest BCUT2D eigenvalue weighted by Crippen LogP contribution is -2.52. The second-order valence-electron chi connectivity index (χ2n) is 6.71. The topological polar surface area (TPSA) is 96.6 Å². The summed E-state index contributed by atoms with van der Waals surface area (Å²) in [7, 11) is -3.67. The van der Waals surface area contributed by atoms with Crippen molar-refractivity contribution in [1.82, 2.24) is 14.2 Å². The van der Waals surface area contributed by atoms with Crippen LogP contribution in [-0.2, 0) is 14.8 Å². The fourth-order valence-electron chi connectivity index (χ4n) is 3.15. The van der Waals surface area contributed by atoms with Crippen molar-refractivity contribution in [2.24, 2.45) is 11.7 Å². The first-order valence-corrected chi connectivity index (χ1v) is 10.1. The third-order valence-corrected chi connectivity index (χ3v) is 6.68. The highest BCUT2D eigenvalue weighted by Crippen LogP contribution is 2.25. The molecule has 1 amide bonds. The Morgan fingerprint density at radius 3 is 2.62 bits per heavy atom. The van der Waals surface area contributed by atoms with Crippen LogP contribution in [0.5, 0.6) is 0 Å². The first-order valence-electron chi connectivity index (χ1n) is 8.69. The number of rotatable bonds is 4. The van der Waals surface area contributed by atoms with Crippen molar-refractivity contribution < 1.29 is 13.2 Å². The molecule has 2 heterocycles. The third-order valence-electron chi connectivity index (χ3n) is 4.75. The van der Waals surface area contributed by atoms with Crippen molar-refractivity contribution in [1.29, 1.82) is 0 Å². The van der Waals surface area contributed by atoms with Gasteiger partial charge in [-0.05, 0) is 24.6 Å². The largest absolute Gasteiger partial charge is 0.340 e. The van der Waals surface area contributed by atoms with Crippen LogP contribution in [-0.4, -0.2) is 61.2 Å². The van der Waals surface area contributed by atoms with Gasteiger partial charge in [0.2, 0.25) is 15.9 Å². The van der Waals surface area contributed by atoms with Crippen LogP contribution < -0.4 is 5.73 Å². The van der Waals surface area contributed by atoms with E-state index < -0.39 is 10.0 Å². The van der Waals surface area contributed by atoms with E-state index in [0.29, 0.717) is 25.2 Å². The number of benzene rings is 1. The number of carbonyl (C=O) groups is 1. The first kappa shape index (κ1) is 18.8. The molecule has 0 spiro atoms. The maximum Gasteiger partial charge on any atom is 0.245 e. The Hall–Kier alpha value is -2.03. The Labute approximate surface area is 153 Å². The Morgan fingerprint density at radius 1 is 1.27 bits per heavy atom. The predicted molar refractivity (Wildman–Crippen MR) is 100 cm³/mol. The van der Waals surface area contributed by atoms with Crippen molar-refractivity contribution in [3.63, 3.8) is 0 Å². The summed E-state index contributed by atoms with van der Waals surface area (Å²) in [4.78, 5) is 18.5. The van der Waals surface area contributed by atoms with Crippen molar-refractivity contribution in [2.75, 3.05) is 32.7 Å². The summed E-state index contributed by atoms with van der Waals surface area (Å²) in [5.41, 5.74) is 7.01. The Bertz CT molecular complexity index is 921. The number of para-hydroxylation sites is 1. The highest BCUT2D eigenvalue weighted by atomic mass is 32.2. The number of hydrogen-bond acceptors (Lipinski definition) is 5. The van der Waals surface area contributed by atoms with Gasteiger partial charge in [0.1, 0.15) is 4.90 Å². The first-order chi connectivity index (χ1) is 12.3. The minimum absolute atomic E-state index is 0.0214. The molecule has 1 saturated heterocycles. The molecule has 8 heteroatoms. The molecule has 3 rings (SSSR count). The maximum atomic E-state index is 13.1. The van der Waals surface area contributed by atoms with Crippen LogP contribution in [0.3, 0.4) is 0 Å². The van der Waals surface area contributed by atoms with Crippen LogP contribution in [0.15, 0.2) is 35.4 Å². The van der Waals surface area contributed by atoms with Gasteiger partial charge >= 0.3 is 0 Å². The van der Waals surface area contributed by atoms with E-state index in [9.17, 15) is 13.2 Å². The van der Waals surface area contributed by atoms with Gasteiger partial charge in [-0.1, -0.05) is 19.1 Å². The van der Waals surface area contributed by atoms with Gasteiger partial charge in [0.25, 0.3) is 0 Å². The van der Waals surface area contributed by atoms with E-state index in [0.717, 1.165) is 10.9 Å². The van der Waals surface area contributed by atoms with Crippen LogP contribution in [0.1, 0.15) is 12.5 Å². The number of hydrogen-bond donors (Lipinski definition) is 1. The number of sulfonamides is 1. The lowest BCUT2D eigenvalue weighted by Gasteiger charge is -2.35. The van der Waals surface area contributed by atoms with Crippen LogP contribution in [0.2, 0.25) is 0 Å². The Morgan fingerprint density at radius 2 is 1.96 bits per heavy atom. The second-order valence-corrected chi connectivity index (χ2v) is 8.61. The number of nitrogens with zero attached hydrogens (tertiary/aromatic N) is 3. The summed E-state index contributed by atoms with van der Waals surface area (Å²) in [6, 6.07) is 7.11. The molecule has 2 N–H and O–H groups in total. The zero-order valence-corrected chi connectivity index (χ0v) is 15.9. The van der Waals surface area contributed by atoms with Gasteiger partial charge in [-0.2, -0.15) is 4.31 Å². The van der Waals surface area contributed by atoms with Gasteiger partial charge in [0.05, 0.1) is 5.52 Å². The highest BCUT2D eigenvalue weighted by molar-refractivity contribution is 7.89. The van der Waals surface area contributed by atoms with E-state index >= 15 is 0 Å². The summed E-state index contributed by atoms with van der Waals surface area (Å²) in [6.07, 6.45) is 1.67. The molecule has 140 valence electrons. The molecule has 26 heavy (non-hydrogen) atoms. The third kappa shape index (κ3) is 3.44. The molecule has 2 aromatic rings. The molecule has 1 fully saturated rings. The predicted octanol–water partition coefficient (Wildman–Crippen LogP) is 0.971. The fraction of sp³-hybridized carbons (Fsp3) is 0.444. The molecule has 1 atom stereocenters. The summed E-state index contributed by atoms with van der Waals surface area (Å²) in [6.45, 7) is 5.29. The van der Waals surface area contributed by atoms with Gasteiger partial charge in [-0.25, -0.2) is 8.42 Å². The zero-order valence-electron chi connectivity index (χ0n) is 15.1. The number of amides is 1. The smallest absolute Gasteiger partial charge is 0.245 e. The van der Waals surface area contributed by atoms with Crippen molar-refractivity contribution in [3.05, 3.63) is 36.0 Å². The number of pyridine rings is 1. The van der Waals surface area contributed by atoms with Crippen molar-refractivity contribution in [2.45, 2.75) is 18.7 Å². The molecule has 0 bridgehead atoms. The lowest BCUT2D eigenvalue weighted by molar-refractivity contribution is -0.135. The number of aryl methyl sites for hydroxylation is 1. The summed E-state index contributed by atoms with van der Waals surface area (Å²) >= 11 is 0. The van der Waals surface area contributed by atoms with Crippen LogP contribution in [0.4, 0.5) is 0 Å². The molecule has 1 aliphatic heterocycles. The average Bonchev–Trinajstić information content (AvgIpc) is 2.66. The number of aromatic nitrogens is 1. The monoisotopic (exact) mass is 376 g/mol. The van der Waals surface area contributed by atoms with Crippen molar-refractivity contribution in [3.8, 4) is 0 Å². The number of piperazine rings is 1. The molecule has 0 aliphatic carbocycles. The number of carbonyl (C=O) groups excluding carboxylic acids is 1. The molecule has 1 unspecified atom stereocenters. The van der Waals surface area contributed by atoms with Gasteiger partial charge in [0, 0.05) is 50.2 Å². The second kappa shape index (κ2) is 7.30. The van der Waals surface area contributed by atoms with E-state index in [2.05, 4.69) is 4.98 Å². The van der Waals surface area contributed by atoms with Gasteiger partial charge < -0.3 is 10.6 Å². The van der Waals surface area contributed by atoms with Crippen molar-refractivity contribution >= 4 is 26.8 Å². The van der Waals surface area contributed by atoms with Crippen LogP contribution in [0.25, 0.3) is 10.9 Å². The number of fused-ring (bicyclic) bond motifs is 1. The van der Waals surface area contributed by atoms with Crippen LogP contribution >= 0.6 is 0 Å². The standard InChI is InChI=1S/C18H24N4O3S/c1-13-10-15-4-3-5-16(17(15)20-12-13)26(24,25)22-8-6-21(7-9-22)18(23)14(2)11-19/h3-5,10,12,14H,6-9,11,19H2,1-2H3. The molecular formula is C18H24N4O3S. The van der Waals surface area contributed by atoms with Gasteiger partial charge in [-0.3, -0.25) is 9.78 Å². The summed E-state index contributed by atoms with van der Waals surface area (Å²) in [5.74, 6) is -0.268. The fourth-order valence-corrected chi connectivity index (χ4v) is 4.74. The molecule has 1 aliphatic rings. The Kier molecular flexibility index (Phi) is 5.27. The van der Waals surface area contributed by atoms with Gasteiger partial charge in [-0.15, -0.1) is 0 Å². The van der Waals surface area contributed by atoms with Gasteiger partial charge in [0.15, 0.2) is 0 Å². The average molecular weight is 376 g/mol. The molecule has 0 radical (unpaired) electrons. The molecule has 0 saturated carbocycles. The van der Waals surface area contributed by atoms with E-state index in [-0.39, 0.29) is 29.8 Å². The lowest BCUT2D eigenvalue weighted by atomic mass is 10.1. The SMILES string of the molecule is Cc1cnc2c(S(=O)(=O)N3CCN(C(=O)C(C)CN)CC3)cccc2c1. The van der Waals surface area contributed by atoms with E-state index in [1.54, 1.807) is 30.2 Å². The molecule has 7 nitrogen and oxygen atoms in total. The summed E-state index contributed by atoms with van der Waals surface area (Å²) in [5, 5.41) is 0.802. The molecule has 1 aromatic carbocycles. The van der Waals surface area contributed by atoms with Crippen LogP contribution in [0, 0.1) is 12.8 Å². The Balaban J connectivity index is 1.84. The normalized spacial score (nSPS) is 17.4. The van der Waals surface area contributed by atoms with E-state index in [1.807, 2.05) is 19.1 Å².